The molecule has 5 heteroatoms. The summed E-state index contributed by atoms with van der Waals surface area (Å²) in [6, 6.07) is 3.48. The fourth-order valence-electron chi connectivity index (χ4n) is 1.70. The lowest BCUT2D eigenvalue weighted by Crippen LogP contribution is -2.46. The van der Waals surface area contributed by atoms with Crippen LogP contribution in [0.15, 0.2) is 16.5 Å². The third-order valence-corrected chi connectivity index (χ3v) is 2.89. The van der Waals surface area contributed by atoms with Crippen molar-refractivity contribution in [3.05, 3.63) is 23.7 Å². The number of alkyl halides is 1. The highest BCUT2D eigenvalue weighted by molar-refractivity contribution is 6.18. The normalized spacial score (nSPS) is 21.1. The number of carbonyl (C=O) groups excluding carboxylic acids is 1. The summed E-state index contributed by atoms with van der Waals surface area (Å²) in [6.07, 6.45) is -0.0737. The molecule has 2 heterocycles. The molecule has 0 radical (unpaired) electrons. The number of furan rings is 1. The van der Waals surface area contributed by atoms with Crippen LogP contribution < -0.4 is 0 Å². The molecule has 0 saturated carbocycles. The lowest BCUT2D eigenvalue weighted by molar-refractivity contribution is -0.0119. The SMILES string of the molecule is Cc1ccc(C(=O)N2CCOC(CCl)C2)o1. The van der Waals surface area contributed by atoms with Crippen molar-refractivity contribution in [3.8, 4) is 0 Å². The van der Waals surface area contributed by atoms with Crippen LogP contribution in [0.2, 0.25) is 0 Å². The van der Waals surface area contributed by atoms with Crippen molar-refractivity contribution in [2.24, 2.45) is 0 Å². The standard InChI is InChI=1S/C11H14ClNO3/c1-8-2-3-10(16-8)11(14)13-4-5-15-9(6-12)7-13/h2-3,9H,4-7H2,1H3. The third-order valence-electron chi connectivity index (χ3n) is 2.55. The van der Waals surface area contributed by atoms with Gasteiger partial charge in [-0.25, -0.2) is 0 Å². The molecule has 1 aromatic rings. The Morgan fingerprint density at radius 3 is 3.06 bits per heavy atom. The van der Waals surface area contributed by atoms with Crippen molar-refractivity contribution in [1.29, 1.82) is 0 Å². The monoisotopic (exact) mass is 243 g/mol. The van der Waals surface area contributed by atoms with Gasteiger partial charge in [0.1, 0.15) is 5.76 Å². The molecule has 1 fully saturated rings. The Kier molecular flexibility index (Phi) is 3.51. The number of rotatable bonds is 2. The van der Waals surface area contributed by atoms with Crippen LogP contribution in [0.3, 0.4) is 0 Å². The lowest BCUT2D eigenvalue weighted by Gasteiger charge is -2.31. The fraction of sp³-hybridized carbons (Fsp3) is 0.545. The van der Waals surface area contributed by atoms with E-state index < -0.39 is 0 Å². The Labute approximate surface area is 99.1 Å². The van der Waals surface area contributed by atoms with Gasteiger partial charge in [-0.15, -0.1) is 11.6 Å². The van der Waals surface area contributed by atoms with E-state index in [4.69, 9.17) is 20.8 Å². The van der Waals surface area contributed by atoms with Crippen molar-refractivity contribution in [3.63, 3.8) is 0 Å². The van der Waals surface area contributed by atoms with E-state index in [-0.39, 0.29) is 12.0 Å². The predicted octanol–water partition coefficient (Wildman–Crippen LogP) is 1.67. The summed E-state index contributed by atoms with van der Waals surface area (Å²) in [5, 5.41) is 0. The molecule has 1 aliphatic heterocycles. The molecule has 0 aromatic carbocycles. The smallest absolute Gasteiger partial charge is 0.289 e. The molecule has 1 saturated heterocycles. The van der Waals surface area contributed by atoms with Gasteiger partial charge in [0.2, 0.25) is 0 Å². The summed E-state index contributed by atoms with van der Waals surface area (Å²) in [6.45, 7) is 3.47. The Bertz CT molecular complexity index is 377. The molecule has 1 atom stereocenters. The minimum Gasteiger partial charge on any atom is -0.456 e. The summed E-state index contributed by atoms with van der Waals surface area (Å²) >= 11 is 5.71. The Balaban J connectivity index is 2.04. The summed E-state index contributed by atoms with van der Waals surface area (Å²) in [7, 11) is 0. The largest absolute Gasteiger partial charge is 0.456 e. The number of hydrogen-bond acceptors (Lipinski definition) is 3. The molecule has 1 unspecified atom stereocenters. The Morgan fingerprint density at radius 2 is 2.44 bits per heavy atom. The number of ether oxygens (including phenoxy) is 1. The van der Waals surface area contributed by atoms with Crippen molar-refractivity contribution in [1.82, 2.24) is 4.90 Å². The molecular formula is C11H14ClNO3. The second-order valence-corrected chi connectivity index (χ2v) is 4.12. The van der Waals surface area contributed by atoms with E-state index in [0.29, 0.717) is 31.3 Å². The highest BCUT2D eigenvalue weighted by Gasteiger charge is 2.25. The van der Waals surface area contributed by atoms with Gasteiger partial charge in [-0.05, 0) is 19.1 Å². The second-order valence-electron chi connectivity index (χ2n) is 3.81. The van der Waals surface area contributed by atoms with E-state index in [9.17, 15) is 4.79 Å². The molecule has 88 valence electrons. The van der Waals surface area contributed by atoms with Gasteiger partial charge >= 0.3 is 0 Å². The average Bonchev–Trinajstić information content (AvgIpc) is 2.75. The predicted molar refractivity (Wildman–Crippen MR) is 59.8 cm³/mol. The zero-order chi connectivity index (χ0) is 11.5. The van der Waals surface area contributed by atoms with E-state index in [1.807, 2.05) is 6.92 Å². The van der Waals surface area contributed by atoms with E-state index >= 15 is 0 Å². The van der Waals surface area contributed by atoms with Crippen LogP contribution in [0.5, 0.6) is 0 Å². The van der Waals surface area contributed by atoms with Gasteiger partial charge in [-0.3, -0.25) is 4.79 Å². The maximum Gasteiger partial charge on any atom is 0.289 e. The van der Waals surface area contributed by atoms with Crippen molar-refractivity contribution in [2.45, 2.75) is 13.0 Å². The molecule has 1 amide bonds. The number of nitrogens with zero attached hydrogens (tertiary/aromatic N) is 1. The summed E-state index contributed by atoms with van der Waals surface area (Å²) in [5.41, 5.74) is 0. The average molecular weight is 244 g/mol. The van der Waals surface area contributed by atoms with E-state index in [0.717, 1.165) is 5.76 Å². The highest BCUT2D eigenvalue weighted by atomic mass is 35.5. The Morgan fingerprint density at radius 1 is 1.62 bits per heavy atom. The first-order valence-electron chi connectivity index (χ1n) is 5.24. The highest BCUT2D eigenvalue weighted by Crippen LogP contribution is 2.13. The zero-order valence-electron chi connectivity index (χ0n) is 9.11. The maximum absolute atomic E-state index is 12.0. The van der Waals surface area contributed by atoms with Crippen LogP contribution in [0.4, 0.5) is 0 Å². The van der Waals surface area contributed by atoms with Gasteiger partial charge in [0, 0.05) is 13.1 Å². The number of aryl methyl sites for hydroxylation is 1. The minimum atomic E-state index is -0.0912. The fourth-order valence-corrected chi connectivity index (χ4v) is 1.89. The summed E-state index contributed by atoms with van der Waals surface area (Å²) in [5.74, 6) is 1.44. The zero-order valence-corrected chi connectivity index (χ0v) is 9.87. The van der Waals surface area contributed by atoms with Crippen LogP contribution in [-0.2, 0) is 4.74 Å². The van der Waals surface area contributed by atoms with Crippen LogP contribution >= 0.6 is 11.6 Å². The van der Waals surface area contributed by atoms with Crippen molar-refractivity contribution >= 4 is 17.5 Å². The molecule has 4 nitrogen and oxygen atoms in total. The summed E-state index contributed by atoms with van der Waals surface area (Å²) in [4.78, 5) is 13.7. The van der Waals surface area contributed by atoms with Crippen molar-refractivity contribution < 1.29 is 13.9 Å². The third kappa shape index (κ3) is 2.39. The first kappa shape index (κ1) is 11.5. The minimum absolute atomic E-state index is 0.0737. The number of carbonyl (C=O) groups is 1. The quantitative estimate of drug-likeness (QED) is 0.742. The molecule has 0 N–H and O–H groups in total. The van der Waals surface area contributed by atoms with Gasteiger partial charge in [0.05, 0.1) is 18.6 Å². The van der Waals surface area contributed by atoms with Crippen LogP contribution in [0, 0.1) is 6.92 Å². The first-order valence-corrected chi connectivity index (χ1v) is 5.77. The van der Waals surface area contributed by atoms with Gasteiger partial charge in [0.25, 0.3) is 5.91 Å². The van der Waals surface area contributed by atoms with E-state index in [1.165, 1.54) is 0 Å². The first-order chi connectivity index (χ1) is 7.70. The number of morpholine rings is 1. The molecular weight excluding hydrogens is 230 g/mol. The maximum atomic E-state index is 12.0. The molecule has 2 rings (SSSR count). The number of hydrogen-bond donors (Lipinski definition) is 0. The van der Waals surface area contributed by atoms with E-state index in [2.05, 4.69) is 0 Å². The number of amides is 1. The topological polar surface area (TPSA) is 42.7 Å². The molecule has 1 aromatic heterocycles. The molecule has 16 heavy (non-hydrogen) atoms. The van der Waals surface area contributed by atoms with Gasteiger partial charge < -0.3 is 14.1 Å². The van der Waals surface area contributed by atoms with Crippen molar-refractivity contribution in [2.75, 3.05) is 25.6 Å². The van der Waals surface area contributed by atoms with E-state index in [1.54, 1.807) is 17.0 Å². The van der Waals surface area contributed by atoms with Gasteiger partial charge in [-0.1, -0.05) is 0 Å². The van der Waals surface area contributed by atoms with Crippen LogP contribution in [-0.4, -0.2) is 42.5 Å². The van der Waals surface area contributed by atoms with Crippen LogP contribution in [0.1, 0.15) is 16.3 Å². The molecule has 0 bridgehead atoms. The molecule has 0 spiro atoms. The molecule has 0 aliphatic carbocycles. The Hall–Kier alpha value is -1.00. The number of halogens is 1. The summed E-state index contributed by atoms with van der Waals surface area (Å²) < 4.78 is 10.7. The lowest BCUT2D eigenvalue weighted by atomic mass is 10.2. The van der Waals surface area contributed by atoms with Gasteiger partial charge in [-0.2, -0.15) is 0 Å². The van der Waals surface area contributed by atoms with Crippen LogP contribution in [0.25, 0.3) is 0 Å². The van der Waals surface area contributed by atoms with Gasteiger partial charge in [0.15, 0.2) is 5.76 Å². The molecule has 1 aliphatic rings. The second kappa shape index (κ2) is 4.89.